The highest BCUT2D eigenvalue weighted by Crippen LogP contribution is 2.34. The van der Waals surface area contributed by atoms with Crippen molar-refractivity contribution in [2.45, 2.75) is 20.3 Å². The van der Waals surface area contributed by atoms with Crippen molar-refractivity contribution in [3.63, 3.8) is 0 Å². The van der Waals surface area contributed by atoms with Gasteiger partial charge in [0.05, 0.1) is 11.1 Å². The highest BCUT2D eigenvalue weighted by atomic mass is 16.1. The van der Waals surface area contributed by atoms with Crippen LogP contribution in [0.5, 0.6) is 0 Å². The summed E-state index contributed by atoms with van der Waals surface area (Å²) in [5.41, 5.74) is 13.0. The summed E-state index contributed by atoms with van der Waals surface area (Å²) in [4.78, 5) is 21.5. The topological polar surface area (TPSA) is 97.9 Å². The molecule has 5 aromatic rings. The van der Waals surface area contributed by atoms with Gasteiger partial charge in [-0.15, -0.1) is 0 Å². The van der Waals surface area contributed by atoms with Gasteiger partial charge >= 0.3 is 0 Å². The average Bonchev–Trinajstić information content (AvgIpc) is 3.30. The van der Waals surface area contributed by atoms with Gasteiger partial charge < -0.3 is 20.9 Å². The number of nitrogens with zero attached hydrogens (tertiary/aromatic N) is 3. The number of aromatic nitrogens is 3. The maximum absolute atomic E-state index is 12.1. The van der Waals surface area contributed by atoms with Crippen LogP contribution in [0.25, 0.3) is 38.8 Å². The second kappa shape index (κ2) is 10.2. The summed E-state index contributed by atoms with van der Waals surface area (Å²) in [5.74, 6) is -0.455. The number of hydrogen-bond acceptors (Lipinski definition) is 5. The van der Waals surface area contributed by atoms with E-state index in [-0.39, 0.29) is 0 Å². The molecule has 3 aromatic heterocycles. The quantitative estimate of drug-likeness (QED) is 0.261. The first-order valence-corrected chi connectivity index (χ1v) is 12.3. The number of nitrogens with two attached hydrogens (primary N) is 1. The standard InChI is InChI=1S/C29H30N6O/c1-3-19-18-35(22-9-10-24(28(30)36)26(16-22)32-14-13-31-4-2)29-27(19)23(11-12-33-29)21-15-20-7-5-6-8-25(20)34-17-21/h5-12,15-18,31-32H,3-4,13-14H2,1-2H3,(H2,30,36). The van der Waals surface area contributed by atoms with Gasteiger partial charge in [-0.3, -0.25) is 9.78 Å². The van der Waals surface area contributed by atoms with Gasteiger partial charge in [0.15, 0.2) is 0 Å². The molecular formula is C29H30N6O. The van der Waals surface area contributed by atoms with Crippen molar-refractivity contribution in [3.05, 3.63) is 84.3 Å². The Kier molecular flexibility index (Phi) is 6.64. The number of amides is 1. The number of anilines is 1. The summed E-state index contributed by atoms with van der Waals surface area (Å²) in [6, 6.07) is 18.0. The molecule has 0 atom stereocenters. The summed E-state index contributed by atoms with van der Waals surface area (Å²) in [6.07, 6.45) is 6.77. The van der Waals surface area contributed by atoms with E-state index in [4.69, 9.17) is 10.7 Å². The molecule has 1 amide bonds. The minimum atomic E-state index is -0.455. The first-order chi connectivity index (χ1) is 17.6. The normalized spacial score (nSPS) is 11.3. The lowest BCUT2D eigenvalue weighted by molar-refractivity contribution is 0.100. The van der Waals surface area contributed by atoms with Crippen molar-refractivity contribution in [2.75, 3.05) is 25.0 Å². The zero-order chi connectivity index (χ0) is 25.1. The number of rotatable bonds is 9. The number of hydrogen-bond donors (Lipinski definition) is 3. The van der Waals surface area contributed by atoms with Crippen LogP contribution in [0.3, 0.4) is 0 Å². The van der Waals surface area contributed by atoms with E-state index >= 15 is 0 Å². The van der Waals surface area contributed by atoms with Crippen molar-refractivity contribution >= 4 is 33.5 Å². The van der Waals surface area contributed by atoms with E-state index in [1.807, 2.05) is 42.7 Å². The predicted molar refractivity (Wildman–Crippen MR) is 147 cm³/mol. The molecule has 0 fully saturated rings. The monoisotopic (exact) mass is 478 g/mol. The number of nitrogens with one attached hydrogen (secondary N) is 2. The molecule has 0 saturated carbocycles. The van der Waals surface area contributed by atoms with Gasteiger partial charge in [-0.25, -0.2) is 4.98 Å². The Morgan fingerprint density at radius 3 is 2.69 bits per heavy atom. The zero-order valence-electron chi connectivity index (χ0n) is 20.6. The molecule has 36 heavy (non-hydrogen) atoms. The number of likely N-dealkylation sites (N-methyl/N-ethyl adjacent to an activating group) is 1. The number of pyridine rings is 2. The lowest BCUT2D eigenvalue weighted by atomic mass is 10.0. The minimum Gasteiger partial charge on any atom is -0.383 e. The largest absolute Gasteiger partial charge is 0.383 e. The second-order valence-corrected chi connectivity index (χ2v) is 8.73. The van der Waals surface area contributed by atoms with Crippen LogP contribution in [-0.2, 0) is 6.42 Å². The third-order valence-corrected chi connectivity index (χ3v) is 6.46. The summed E-state index contributed by atoms with van der Waals surface area (Å²) in [7, 11) is 0. The highest BCUT2D eigenvalue weighted by Gasteiger charge is 2.17. The fraction of sp³-hybridized carbons (Fsp3) is 0.207. The second-order valence-electron chi connectivity index (χ2n) is 8.73. The Labute approximate surface area is 210 Å². The molecule has 182 valence electrons. The van der Waals surface area contributed by atoms with Gasteiger partial charge in [-0.1, -0.05) is 32.0 Å². The van der Waals surface area contributed by atoms with Crippen molar-refractivity contribution in [1.82, 2.24) is 19.9 Å². The molecule has 0 bridgehead atoms. The van der Waals surface area contributed by atoms with E-state index in [1.54, 1.807) is 6.07 Å². The third-order valence-electron chi connectivity index (χ3n) is 6.46. The van der Waals surface area contributed by atoms with Gasteiger partial charge in [0, 0.05) is 59.4 Å². The molecule has 0 aliphatic rings. The van der Waals surface area contributed by atoms with Crippen molar-refractivity contribution < 1.29 is 4.79 Å². The molecule has 3 heterocycles. The molecule has 0 aliphatic heterocycles. The maximum Gasteiger partial charge on any atom is 0.250 e. The maximum atomic E-state index is 12.1. The zero-order valence-corrected chi connectivity index (χ0v) is 20.6. The van der Waals surface area contributed by atoms with E-state index in [9.17, 15) is 4.79 Å². The van der Waals surface area contributed by atoms with Gasteiger partial charge in [-0.2, -0.15) is 0 Å². The molecule has 0 aliphatic carbocycles. The Morgan fingerprint density at radius 2 is 1.89 bits per heavy atom. The van der Waals surface area contributed by atoms with Crippen molar-refractivity contribution in [1.29, 1.82) is 0 Å². The van der Waals surface area contributed by atoms with E-state index in [0.29, 0.717) is 17.8 Å². The number of carbonyl (C=O) groups is 1. The number of primary amides is 1. The lowest BCUT2D eigenvalue weighted by Crippen LogP contribution is -2.23. The van der Waals surface area contributed by atoms with Crippen LogP contribution in [0, 0.1) is 0 Å². The van der Waals surface area contributed by atoms with E-state index in [0.717, 1.165) is 58.3 Å². The fourth-order valence-electron chi connectivity index (χ4n) is 4.66. The average molecular weight is 479 g/mol. The molecular weight excluding hydrogens is 448 g/mol. The first kappa shape index (κ1) is 23.5. The highest BCUT2D eigenvalue weighted by molar-refractivity contribution is 6.00. The van der Waals surface area contributed by atoms with E-state index in [1.165, 1.54) is 5.56 Å². The number of benzene rings is 2. The summed E-state index contributed by atoms with van der Waals surface area (Å²) < 4.78 is 2.09. The Bertz CT molecular complexity index is 1550. The molecule has 0 spiro atoms. The molecule has 0 radical (unpaired) electrons. The smallest absolute Gasteiger partial charge is 0.250 e. The van der Waals surface area contributed by atoms with Crippen LogP contribution in [0.15, 0.2) is 73.2 Å². The third kappa shape index (κ3) is 4.41. The Balaban J connectivity index is 1.62. The van der Waals surface area contributed by atoms with Gasteiger partial charge in [0.25, 0.3) is 5.91 Å². The van der Waals surface area contributed by atoms with E-state index < -0.39 is 5.91 Å². The molecule has 7 nitrogen and oxygen atoms in total. The SMILES string of the molecule is CCNCCNc1cc(-n2cc(CC)c3c(-c4cnc5ccccc5c4)ccnc32)ccc1C(N)=O. The number of carbonyl (C=O) groups excluding carboxylic acids is 1. The van der Waals surface area contributed by atoms with Crippen LogP contribution in [-0.4, -0.2) is 40.1 Å². The van der Waals surface area contributed by atoms with Crippen LogP contribution < -0.4 is 16.4 Å². The molecule has 7 heteroatoms. The molecule has 5 rings (SSSR count). The lowest BCUT2D eigenvalue weighted by Gasteiger charge is -2.14. The van der Waals surface area contributed by atoms with Crippen molar-refractivity contribution in [2.24, 2.45) is 5.73 Å². The minimum absolute atomic E-state index is 0.455. The van der Waals surface area contributed by atoms with Crippen LogP contribution in [0.1, 0.15) is 29.8 Å². The first-order valence-electron chi connectivity index (χ1n) is 12.3. The van der Waals surface area contributed by atoms with Crippen LogP contribution in [0.4, 0.5) is 5.69 Å². The van der Waals surface area contributed by atoms with Crippen LogP contribution >= 0.6 is 0 Å². The molecule has 4 N–H and O–H groups in total. The summed E-state index contributed by atoms with van der Waals surface area (Å²) in [6.45, 7) is 6.57. The van der Waals surface area contributed by atoms with Crippen molar-refractivity contribution in [3.8, 4) is 16.8 Å². The molecule has 0 saturated heterocycles. The number of fused-ring (bicyclic) bond motifs is 2. The van der Waals surface area contributed by atoms with Gasteiger partial charge in [0.1, 0.15) is 5.65 Å². The summed E-state index contributed by atoms with van der Waals surface area (Å²) in [5, 5.41) is 8.85. The predicted octanol–water partition coefficient (Wildman–Crippen LogP) is 4.92. The fourth-order valence-corrected chi connectivity index (χ4v) is 4.66. The molecule has 2 aromatic carbocycles. The number of para-hydroxylation sites is 1. The number of aryl methyl sites for hydroxylation is 1. The van der Waals surface area contributed by atoms with Crippen LogP contribution in [0.2, 0.25) is 0 Å². The Hall–Kier alpha value is -4.23. The molecule has 0 unspecified atom stereocenters. The summed E-state index contributed by atoms with van der Waals surface area (Å²) >= 11 is 0. The van der Waals surface area contributed by atoms with E-state index in [2.05, 4.69) is 58.4 Å². The Morgan fingerprint density at radius 1 is 1.03 bits per heavy atom. The van der Waals surface area contributed by atoms with Gasteiger partial charge in [0.2, 0.25) is 0 Å². The van der Waals surface area contributed by atoms with Gasteiger partial charge in [-0.05, 0) is 60.5 Å².